The number of carbonyl (C=O) groups excluding carboxylic acids is 2. The number of amides is 2. The van der Waals surface area contributed by atoms with E-state index in [0.29, 0.717) is 12.1 Å². The number of nitrogens with one attached hydrogen (secondary N) is 1. The maximum Gasteiger partial charge on any atom is 0.255 e. The maximum atomic E-state index is 13.5. The maximum absolute atomic E-state index is 13.5. The summed E-state index contributed by atoms with van der Waals surface area (Å²) in [5.74, 6) is -0.777. The van der Waals surface area contributed by atoms with Crippen LogP contribution in [-0.4, -0.2) is 35.1 Å². The van der Waals surface area contributed by atoms with E-state index in [9.17, 15) is 14.0 Å². The lowest BCUT2D eigenvalue weighted by Gasteiger charge is -2.21. The molecule has 8 nitrogen and oxygen atoms in total. The first-order valence-corrected chi connectivity index (χ1v) is 10.5. The van der Waals surface area contributed by atoms with Gasteiger partial charge in [0.25, 0.3) is 11.8 Å². The molecule has 34 heavy (non-hydrogen) atoms. The molecule has 4 aromatic rings. The van der Waals surface area contributed by atoms with Gasteiger partial charge in [0.1, 0.15) is 5.82 Å². The van der Waals surface area contributed by atoms with Crippen molar-refractivity contribution in [1.82, 2.24) is 14.9 Å². The van der Waals surface area contributed by atoms with Gasteiger partial charge in [-0.1, -0.05) is 24.3 Å². The highest BCUT2D eigenvalue weighted by molar-refractivity contribution is 5.95. The van der Waals surface area contributed by atoms with E-state index in [2.05, 4.69) is 10.3 Å². The number of ether oxygens (including phenoxy) is 2. The molecule has 0 radical (unpaired) electrons. The SMILES string of the molecule is COc1cc(C(=O)NC(Cn2cnc3ccccc32)c2ccc(F)cc2)ccc1OCC(N)=O. The van der Waals surface area contributed by atoms with Crippen molar-refractivity contribution in [1.29, 1.82) is 0 Å². The minimum atomic E-state index is -0.627. The van der Waals surface area contributed by atoms with Crippen LogP contribution in [0.3, 0.4) is 0 Å². The molecule has 9 heteroatoms. The zero-order valence-corrected chi connectivity index (χ0v) is 18.4. The van der Waals surface area contributed by atoms with Crippen molar-refractivity contribution in [3.05, 3.63) is 90.0 Å². The summed E-state index contributed by atoms with van der Waals surface area (Å²) in [4.78, 5) is 28.6. The number of halogens is 1. The number of hydrogen-bond donors (Lipinski definition) is 2. The lowest BCUT2D eigenvalue weighted by atomic mass is 10.1. The average Bonchev–Trinajstić information content (AvgIpc) is 3.25. The smallest absolute Gasteiger partial charge is 0.255 e. The van der Waals surface area contributed by atoms with Gasteiger partial charge in [-0.25, -0.2) is 9.37 Å². The summed E-state index contributed by atoms with van der Waals surface area (Å²) in [6.45, 7) is 0.0717. The average molecular weight is 462 g/mol. The van der Waals surface area contributed by atoms with Crippen LogP contribution in [0.15, 0.2) is 73.1 Å². The lowest BCUT2D eigenvalue weighted by molar-refractivity contribution is -0.119. The summed E-state index contributed by atoms with van der Waals surface area (Å²) in [5.41, 5.74) is 7.94. The Labute approximate surface area is 195 Å². The molecule has 3 aromatic carbocycles. The summed E-state index contributed by atoms with van der Waals surface area (Å²) in [6, 6.07) is 17.8. The standard InChI is InChI=1S/C25H23FN4O4/c1-33-23-12-17(8-11-22(23)34-14-24(27)31)25(32)29-20(16-6-9-18(26)10-7-16)13-30-15-28-19-4-2-3-5-21(19)30/h2-12,15,20H,13-14H2,1H3,(H2,27,31)(H,29,32). The number of primary amides is 1. The summed E-state index contributed by atoms with van der Waals surface area (Å²) < 4.78 is 26.1. The van der Waals surface area contributed by atoms with E-state index < -0.39 is 11.9 Å². The van der Waals surface area contributed by atoms with Gasteiger partial charge in [0, 0.05) is 12.1 Å². The van der Waals surface area contributed by atoms with E-state index in [1.54, 1.807) is 24.5 Å². The number of nitrogens with two attached hydrogens (primary N) is 1. The molecule has 0 aliphatic heterocycles. The second kappa shape index (κ2) is 10.0. The van der Waals surface area contributed by atoms with Crippen LogP contribution in [0.1, 0.15) is 22.0 Å². The molecule has 2 amide bonds. The van der Waals surface area contributed by atoms with Gasteiger partial charge in [0.15, 0.2) is 18.1 Å². The highest BCUT2D eigenvalue weighted by Crippen LogP contribution is 2.28. The van der Waals surface area contributed by atoms with Crippen molar-refractivity contribution in [3.63, 3.8) is 0 Å². The molecule has 4 rings (SSSR count). The van der Waals surface area contributed by atoms with E-state index in [0.717, 1.165) is 16.6 Å². The Morgan fingerprint density at radius 1 is 1.09 bits per heavy atom. The second-order valence-corrected chi connectivity index (χ2v) is 7.58. The number of rotatable bonds is 9. The van der Waals surface area contributed by atoms with Crippen LogP contribution in [0.25, 0.3) is 11.0 Å². The molecule has 1 unspecified atom stereocenters. The minimum Gasteiger partial charge on any atom is -0.493 e. The molecular weight excluding hydrogens is 439 g/mol. The van der Waals surface area contributed by atoms with Crippen molar-refractivity contribution in [2.45, 2.75) is 12.6 Å². The predicted molar refractivity (Wildman–Crippen MR) is 124 cm³/mol. The lowest BCUT2D eigenvalue weighted by Crippen LogP contribution is -2.31. The fraction of sp³-hybridized carbons (Fsp3) is 0.160. The van der Waals surface area contributed by atoms with Crippen molar-refractivity contribution >= 4 is 22.8 Å². The number of aromatic nitrogens is 2. The normalized spacial score (nSPS) is 11.7. The van der Waals surface area contributed by atoms with Gasteiger partial charge in [-0.05, 0) is 48.0 Å². The van der Waals surface area contributed by atoms with E-state index in [4.69, 9.17) is 15.2 Å². The molecule has 174 valence electrons. The fourth-order valence-electron chi connectivity index (χ4n) is 3.60. The largest absolute Gasteiger partial charge is 0.493 e. The van der Waals surface area contributed by atoms with Crippen LogP contribution in [0.5, 0.6) is 11.5 Å². The Morgan fingerprint density at radius 3 is 2.59 bits per heavy atom. The number of nitrogens with zero attached hydrogens (tertiary/aromatic N) is 2. The molecule has 1 atom stereocenters. The third-order valence-corrected chi connectivity index (χ3v) is 5.28. The van der Waals surface area contributed by atoms with Crippen LogP contribution in [0.4, 0.5) is 4.39 Å². The third-order valence-electron chi connectivity index (χ3n) is 5.28. The number of fused-ring (bicyclic) bond motifs is 1. The molecule has 0 bridgehead atoms. The van der Waals surface area contributed by atoms with Crippen LogP contribution in [0, 0.1) is 5.82 Å². The number of benzene rings is 3. The molecule has 0 saturated heterocycles. The second-order valence-electron chi connectivity index (χ2n) is 7.58. The molecule has 0 aliphatic rings. The molecular formula is C25H23FN4O4. The Bertz CT molecular complexity index is 1320. The van der Waals surface area contributed by atoms with E-state index >= 15 is 0 Å². The predicted octanol–water partition coefficient (Wildman–Crippen LogP) is 3.22. The molecule has 0 fully saturated rings. The highest BCUT2D eigenvalue weighted by Gasteiger charge is 2.19. The van der Waals surface area contributed by atoms with Crippen LogP contribution < -0.4 is 20.5 Å². The molecule has 3 N–H and O–H groups in total. The molecule has 1 aromatic heterocycles. The number of imidazole rings is 1. The Balaban J connectivity index is 1.60. The van der Waals surface area contributed by atoms with Crippen molar-refractivity contribution < 1.29 is 23.5 Å². The first-order valence-electron chi connectivity index (χ1n) is 10.5. The Hall–Kier alpha value is -4.40. The van der Waals surface area contributed by atoms with Crippen LogP contribution in [-0.2, 0) is 11.3 Å². The summed E-state index contributed by atoms with van der Waals surface area (Å²) in [7, 11) is 1.43. The number of carbonyl (C=O) groups is 2. The Morgan fingerprint density at radius 2 is 1.85 bits per heavy atom. The van der Waals surface area contributed by atoms with Gasteiger partial charge in [-0.3, -0.25) is 9.59 Å². The van der Waals surface area contributed by atoms with Crippen molar-refractivity contribution in [2.75, 3.05) is 13.7 Å². The zero-order chi connectivity index (χ0) is 24.1. The van der Waals surface area contributed by atoms with Gasteiger partial charge in [-0.2, -0.15) is 0 Å². The quantitative estimate of drug-likeness (QED) is 0.397. The van der Waals surface area contributed by atoms with Gasteiger partial charge >= 0.3 is 0 Å². The van der Waals surface area contributed by atoms with Crippen LogP contribution in [0.2, 0.25) is 0 Å². The summed E-state index contributed by atoms with van der Waals surface area (Å²) in [5, 5.41) is 3.01. The molecule has 1 heterocycles. The number of hydrogen-bond acceptors (Lipinski definition) is 5. The topological polar surface area (TPSA) is 108 Å². The van der Waals surface area contributed by atoms with Gasteiger partial charge < -0.3 is 25.1 Å². The highest BCUT2D eigenvalue weighted by atomic mass is 19.1. The first kappa shape index (κ1) is 22.8. The van der Waals surface area contributed by atoms with E-state index in [1.807, 2.05) is 28.8 Å². The number of para-hydroxylation sites is 2. The summed E-state index contributed by atoms with van der Waals surface area (Å²) in [6.07, 6.45) is 1.71. The third kappa shape index (κ3) is 5.15. The number of methoxy groups -OCH3 is 1. The van der Waals surface area contributed by atoms with Gasteiger partial charge in [-0.15, -0.1) is 0 Å². The molecule has 0 aliphatic carbocycles. The zero-order valence-electron chi connectivity index (χ0n) is 18.4. The monoisotopic (exact) mass is 462 g/mol. The van der Waals surface area contributed by atoms with Gasteiger partial charge in [0.05, 0.1) is 30.5 Å². The molecule has 0 spiro atoms. The first-order chi connectivity index (χ1) is 16.4. The summed E-state index contributed by atoms with van der Waals surface area (Å²) >= 11 is 0. The van der Waals surface area contributed by atoms with Crippen LogP contribution >= 0.6 is 0 Å². The van der Waals surface area contributed by atoms with E-state index in [1.165, 1.54) is 31.4 Å². The van der Waals surface area contributed by atoms with E-state index in [-0.39, 0.29) is 29.8 Å². The Kier molecular flexibility index (Phi) is 6.72. The van der Waals surface area contributed by atoms with Crippen molar-refractivity contribution in [3.8, 4) is 11.5 Å². The molecule has 0 saturated carbocycles. The fourth-order valence-corrected chi connectivity index (χ4v) is 3.60. The van der Waals surface area contributed by atoms with Gasteiger partial charge in [0.2, 0.25) is 0 Å². The minimum absolute atomic E-state index is 0.285. The van der Waals surface area contributed by atoms with Crippen molar-refractivity contribution in [2.24, 2.45) is 5.73 Å².